The molecule has 27 heavy (non-hydrogen) atoms. The highest BCUT2D eigenvalue weighted by Crippen LogP contribution is 2.29. The van der Waals surface area contributed by atoms with E-state index in [0.717, 1.165) is 48.7 Å². The zero-order valence-corrected chi connectivity index (χ0v) is 16.6. The smallest absolute Gasteiger partial charge is 0.123 e. The Morgan fingerprint density at radius 1 is 1.15 bits per heavy atom. The molecule has 3 rings (SSSR count). The van der Waals surface area contributed by atoms with Crippen molar-refractivity contribution in [2.24, 2.45) is 5.92 Å². The average molecular weight is 370 g/mol. The van der Waals surface area contributed by atoms with Crippen molar-refractivity contribution in [3.8, 4) is 11.5 Å². The van der Waals surface area contributed by atoms with Crippen molar-refractivity contribution in [2.75, 3.05) is 19.8 Å². The molecule has 146 valence electrons. The molecule has 0 spiro atoms. The summed E-state index contributed by atoms with van der Waals surface area (Å²) in [5.74, 6) is 2.31. The van der Waals surface area contributed by atoms with Gasteiger partial charge in [-0.05, 0) is 54.7 Å². The summed E-state index contributed by atoms with van der Waals surface area (Å²) in [6, 6.07) is 14.4. The number of benzene rings is 2. The first-order chi connectivity index (χ1) is 13.0. The molecule has 1 N–H and O–H groups in total. The number of fused-ring (bicyclic) bond motifs is 1. The van der Waals surface area contributed by atoms with Gasteiger partial charge in [-0.25, -0.2) is 0 Å². The molecule has 0 saturated heterocycles. The van der Waals surface area contributed by atoms with Crippen LogP contribution in [0, 0.1) is 5.92 Å². The van der Waals surface area contributed by atoms with E-state index in [9.17, 15) is 5.11 Å². The molecule has 0 saturated carbocycles. The van der Waals surface area contributed by atoms with Crippen molar-refractivity contribution < 1.29 is 14.6 Å². The Bertz CT molecular complexity index is 727. The van der Waals surface area contributed by atoms with Gasteiger partial charge in [0.15, 0.2) is 0 Å². The maximum absolute atomic E-state index is 10.5. The minimum absolute atomic E-state index is 0.418. The second-order valence-corrected chi connectivity index (χ2v) is 7.65. The SMILES string of the molecule is CCOc1ccc(CN2CCOc3ccc([C@@H](O)CC(C)C)cc3C2)cc1. The fraction of sp³-hybridized carbons (Fsp3) is 0.478. The Morgan fingerprint density at radius 3 is 2.63 bits per heavy atom. The number of nitrogens with zero attached hydrogens (tertiary/aromatic N) is 1. The quantitative estimate of drug-likeness (QED) is 0.777. The molecule has 1 heterocycles. The molecule has 0 radical (unpaired) electrons. The molecular formula is C23H31NO3. The van der Waals surface area contributed by atoms with Gasteiger partial charge in [0.05, 0.1) is 12.7 Å². The van der Waals surface area contributed by atoms with Crippen LogP contribution in [0.2, 0.25) is 0 Å². The van der Waals surface area contributed by atoms with Crippen molar-refractivity contribution in [1.29, 1.82) is 0 Å². The molecule has 0 aliphatic carbocycles. The van der Waals surface area contributed by atoms with E-state index in [1.54, 1.807) is 0 Å². The minimum Gasteiger partial charge on any atom is -0.494 e. The third kappa shape index (κ3) is 5.47. The molecule has 1 aliphatic heterocycles. The van der Waals surface area contributed by atoms with Crippen molar-refractivity contribution in [2.45, 2.75) is 46.4 Å². The van der Waals surface area contributed by atoms with E-state index in [4.69, 9.17) is 9.47 Å². The van der Waals surface area contributed by atoms with Crippen LogP contribution < -0.4 is 9.47 Å². The molecule has 2 aromatic rings. The number of ether oxygens (including phenoxy) is 2. The predicted octanol–water partition coefficient (Wildman–Crippen LogP) is 4.56. The van der Waals surface area contributed by atoms with Crippen LogP contribution in [0.15, 0.2) is 42.5 Å². The summed E-state index contributed by atoms with van der Waals surface area (Å²) in [7, 11) is 0. The minimum atomic E-state index is -0.418. The van der Waals surface area contributed by atoms with Gasteiger partial charge in [0, 0.05) is 25.2 Å². The Kier molecular flexibility index (Phi) is 6.75. The molecule has 4 heteroatoms. The highest BCUT2D eigenvalue weighted by molar-refractivity contribution is 5.39. The Hall–Kier alpha value is -2.04. The van der Waals surface area contributed by atoms with Crippen molar-refractivity contribution in [3.63, 3.8) is 0 Å². The van der Waals surface area contributed by atoms with Gasteiger partial charge in [0.25, 0.3) is 0 Å². The third-order valence-corrected chi connectivity index (χ3v) is 4.86. The second-order valence-electron chi connectivity index (χ2n) is 7.65. The second kappa shape index (κ2) is 9.25. The molecule has 0 amide bonds. The van der Waals surface area contributed by atoms with Gasteiger partial charge >= 0.3 is 0 Å². The molecule has 0 unspecified atom stereocenters. The summed E-state index contributed by atoms with van der Waals surface area (Å²) in [6.45, 7) is 10.2. The predicted molar refractivity (Wildman–Crippen MR) is 108 cm³/mol. The van der Waals surface area contributed by atoms with Crippen molar-refractivity contribution >= 4 is 0 Å². The molecule has 1 aliphatic rings. The van der Waals surface area contributed by atoms with Crippen molar-refractivity contribution in [3.05, 3.63) is 59.2 Å². The molecule has 4 nitrogen and oxygen atoms in total. The first kappa shape index (κ1) is 19.7. The van der Waals surface area contributed by atoms with Gasteiger partial charge in [-0.15, -0.1) is 0 Å². The number of rotatable bonds is 7. The number of aliphatic hydroxyl groups is 1. The largest absolute Gasteiger partial charge is 0.494 e. The molecule has 2 aromatic carbocycles. The highest BCUT2D eigenvalue weighted by Gasteiger charge is 2.18. The van der Waals surface area contributed by atoms with Crippen LogP contribution in [0.3, 0.4) is 0 Å². The number of hydrogen-bond acceptors (Lipinski definition) is 4. The van der Waals surface area contributed by atoms with Crippen molar-refractivity contribution in [1.82, 2.24) is 4.90 Å². The van der Waals surface area contributed by atoms with Crippen LogP contribution in [0.4, 0.5) is 0 Å². The van der Waals surface area contributed by atoms with Crippen LogP contribution >= 0.6 is 0 Å². The third-order valence-electron chi connectivity index (χ3n) is 4.86. The summed E-state index contributed by atoms with van der Waals surface area (Å²) in [5.41, 5.74) is 3.39. The maximum atomic E-state index is 10.5. The topological polar surface area (TPSA) is 41.9 Å². The van der Waals surface area contributed by atoms with Crippen LogP contribution in [0.25, 0.3) is 0 Å². The summed E-state index contributed by atoms with van der Waals surface area (Å²) in [6.07, 6.45) is 0.355. The Morgan fingerprint density at radius 2 is 1.93 bits per heavy atom. The van der Waals surface area contributed by atoms with Gasteiger partial charge in [-0.1, -0.05) is 32.0 Å². The Labute approximate surface area is 162 Å². The van der Waals surface area contributed by atoms with Gasteiger partial charge in [-0.2, -0.15) is 0 Å². The van der Waals surface area contributed by atoms with Gasteiger partial charge < -0.3 is 14.6 Å². The zero-order valence-electron chi connectivity index (χ0n) is 16.6. The molecule has 0 fully saturated rings. The van der Waals surface area contributed by atoms with E-state index < -0.39 is 6.10 Å². The molecule has 1 atom stereocenters. The summed E-state index contributed by atoms with van der Waals surface area (Å²) < 4.78 is 11.5. The van der Waals surface area contributed by atoms with E-state index in [1.807, 2.05) is 31.2 Å². The molecule has 0 aromatic heterocycles. The van der Waals surface area contributed by atoms with Gasteiger partial charge in [-0.3, -0.25) is 4.90 Å². The normalized spacial score (nSPS) is 15.7. The lowest BCUT2D eigenvalue weighted by molar-refractivity contribution is 0.151. The summed E-state index contributed by atoms with van der Waals surface area (Å²) in [5, 5.41) is 10.5. The lowest BCUT2D eigenvalue weighted by Gasteiger charge is -2.20. The summed E-state index contributed by atoms with van der Waals surface area (Å²) >= 11 is 0. The molecular weight excluding hydrogens is 338 g/mol. The summed E-state index contributed by atoms with van der Waals surface area (Å²) in [4.78, 5) is 2.39. The first-order valence-corrected chi connectivity index (χ1v) is 9.93. The van der Waals surface area contributed by atoms with Crippen LogP contribution in [-0.4, -0.2) is 29.8 Å². The lowest BCUT2D eigenvalue weighted by Crippen LogP contribution is -2.25. The fourth-order valence-corrected chi connectivity index (χ4v) is 3.51. The number of hydrogen-bond donors (Lipinski definition) is 1. The lowest BCUT2D eigenvalue weighted by atomic mass is 9.97. The highest BCUT2D eigenvalue weighted by atomic mass is 16.5. The van der Waals surface area contributed by atoms with E-state index in [2.05, 4.69) is 36.9 Å². The van der Waals surface area contributed by atoms with E-state index >= 15 is 0 Å². The fourth-order valence-electron chi connectivity index (χ4n) is 3.51. The van der Waals surface area contributed by atoms with Crippen LogP contribution in [-0.2, 0) is 13.1 Å². The van der Waals surface area contributed by atoms with E-state index in [0.29, 0.717) is 19.1 Å². The van der Waals surface area contributed by atoms with Gasteiger partial charge in [0.1, 0.15) is 18.1 Å². The number of aliphatic hydroxyl groups excluding tert-OH is 1. The van der Waals surface area contributed by atoms with Gasteiger partial charge in [0.2, 0.25) is 0 Å². The standard InChI is InChI=1S/C23H31NO3/c1-4-26-21-8-5-18(6-9-21)15-24-11-12-27-23-10-7-19(14-20(23)16-24)22(25)13-17(2)3/h5-10,14,17,22,25H,4,11-13,15-16H2,1-3H3/t22-/m0/s1. The maximum Gasteiger partial charge on any atom is 0.123 e. The van der Waals surface area contributed by atoms with Crippen LogP contribution in [0.5, 0.6) is 11.5 Å². The molecule has 0 bridgehead atoms. The first-order valence-electron chi connectivity index (χ1n) is 9.93. The average Bonchev–Trinajstić information content (AvgIpc) is 2.84. The van der Waals surface area contributed by atoms with E-state index in [1.165, 1.54) is 5.56 Å². The Balaban J connectivity index is 1.70. The zero-order chi connectivity index (χ0) is 19.2. The monoisotopic (exact) mass is 369 g/mol. The van der Waals surface area contributed by atoms with E-state index in [-0.39, 0.29) is 0 Å². The van der Waals surface area contributed by atoms with Crippen LogP contribution in [0.1, 0.15) is 50.0 Å².